The Balaban J connectivity index is 1.98. The fraction of sp³-hybridized carbons (Fsp3) is 0.273. The maximum atomic E-state index is 12.6. The van der Waals surface area contributed by atoms with E-state index < -0.39 is 5.95 Å². The minimum absolute atomic E-state index is 0.268. The zero-order valence-electron chi connectivity index (χ0n) is 9.80. The molecule has 0 aromatic carbocycles. The average Bonchev–Trinajstić information content (AvgIpc) is 2.84. The number of pyridine rings is 1. The van der Waals surface area contributed by atoms with Gasteiger partial charge in [-0.3, -0.25) is 4.79 Å². The van der Waals surface area contributed by atoms with Gasteiger partial charge in [-0.25, -0.2) is 4.98 Å². The molecule has 1 amide bonds. The summed E-state index contributed by atoms with van der Waals surface area (Å²) >= 11 is 0. The van der Waals surface area contributed by atoms with Crippen LogP contribution in [0.2, 0.25) is 0 Å². The van der Waals surface area contributed by atoms with Crippen LogP contribution in [0.15, 0.2) is 24.7 Å². The van der Waals surface area contributed by atoms with Gasteiger partial charge in [0, 0.05) is 12.7 Å². The number of hydrogen-bond acceptors (Lipinski definition) is 4. The van der Waals surface area contributed by atoms with Crippen LogP contribution in [0.25, 0.3) is 0 Å². The molecule has 6 nitrogen and oxygen atoms in total. The van der Waals surface area contributed by atoms with Gasteiger partial charge in [0.2, 0.25) is 5.95 Å². The number of halogens is 1. The Bertz CT molecular complexity index is 537. The minimum atomic E-state index is -0.614. The van der Waals surface area contributed by atoms with Gasteiger partial charge in [0.15, 0.2) is 5.82 Å². The number of nitrogens with zero attached hydrogens (tertiary/aromatic N) is 4. The molecule has 2 aromatic heterocycles. The van der Waals surface area contributed by atoms with Gasteiger partial charge in [0.05, 0.1) is 12.1 Å². The van der Waals surface area contributed by atoms with Crippen molar-refractivity contribution in [2.45, 2.75) is 20.0 Å². The molecule has 1 N–H and O–H groups in total. The second kappa shape index (κ2) is 5.35. The molecule has 0 radical (unpaired) electrons. The summed E-state index contributed by atoms with van der Waals surface area (Å²) in [4.78, 5) is 15.1. The molecule has 7 heteroatoms. The fourth-order valence-corrected chi connectivity index (χ4v) is 1.45. The van der Waals surface area contributed by atoms with Gasteiger partial charge in [-0.2, -0.15) is 4.39 Å². The molecule has 0 aliphatic carbocycles. The summed E-state index contributed by atoms with van der Waals surface area (Å²) in [6.07, 6.45) is 2.79. The third kappa shape index (κ3) is 2.68. The molecular weight excluding hydrogens is 237 g/mol. The first-order valence-corrected chi connectivity index (χ1v) is 5.47. The lowest BCUT2D eigenvalue weighted by atomic mass is 10.2. The Morgan fingerprint density at radius 1 is 1.50 bits per heavy atom. The fourth-order valence-electron chi connectivity index (χ4n) is 1.45. The number of aromatic nitrogens is 4. The molecule has 0 spiro atoms. The number of hydrogen-bond donors (Lipinski definition) is 1. The molecule has 0 atom stereocenters. The Hall–Kier alpha value is -2.31. The lowest BCUT2D eigenvalue weighted by molar-refractivity contribution is 0.0949. The lowest BCUT2D eigenvalue weighted by Crippen LogP contribution is -2.24. The van der Waals surface area contributed by atoms with E-state index >= 15 is 0 Å². The van der Waals surface area contributed by atoms with E-state index in [1.165, 1.54) is 12.3 Å². The Morgan fingerprint density at radius 2 is 2.33 bits per heavy atom. The summed E-state index contributed by atoms with van der Waals surface area (Å²) in [5.41, 5.74) is 0.305. The van der Waals surface area contributed by atoms with E-state index in [0.29, 0.717) is 11.4 Å². The highest BCUT2D eigenvalue weighted by molar-refractivity contribution is 5.93. The molecule has 0 aliphatic rings. The van der Waals surface area contributed by atoms with E-state index in [1.54, 1.807) is 6.33 Å². The summed E-state index contributed by atoms with van der Waals surface area (Å²) in [7, 11) is 0. The largest absolute Gasteiger partial charge is 0.345 e. The normalized spacial score (nSPS) is 10.3. The first-order chi connectivity index (χ1) is 8.70. The van der Waals surface area contributed by atoms with Crippen molar-refractivity contribution >= 4 is 5.91 Å². The predicted molar refractivity (Wildman–Crippen MR) is 61.1 cm³/mol. The van der Waals surface area contributed by atoms with Crippen molar-refractivity contribution in [3.05, 3.63) is 42.0 Å². The maximum Gasteiger partial charge on any atom is 0.253 e. The zero-order chi connectivity index (χ0) is 13.0. The average molecular weight is 249 g/mol. The quantitative estimate of drug-likeness (QED) is 0.812. The van der Waals surface area contributed by atoms with E-state index in [4.69, 9.17) is 0 Å². The summed E-state index contributed by atoms with van der Waals surface area (Å²) in [5, 5.41) is 10.3. The van der Waals surface area contributed by atoms with Gasteiger partial charge in [-0.05, 0) is 19.1 Å². The molecule has 18 heavy (non-hydrogen) atoms. The molecule has 0 saturated carbocycles. The SMILES string of the molecule is CCn1cnnc1CNC(=O)c1ccc(F)nc1. The van der Waals surface area contributed by atoms with Crippen LogP contribution in [-0.2, 0) is 13.1 Å². The van der Waals surface area contributed by atoms with Crippen LogP contribution in [0.5, 0.6) is 0 Å². The first kappa shape index (κ1) is 12.2. The molecule has 0 bridgehead atoms. The molecule has 2 aromatic rings. The molecule has 0 saturated heterocycles. The van der Waals surface area contributed by atoms with Crippen LogP contribution in [0, 0.1) is 5.95 Å². The standard InChI is InChI=1S/C11H12FN5O/c1-2-17-7-15-16-10(17)6-14-11(18)8-3-4-9(12)13-5-8/h3-5,7H,2,6H2,1H3,(H,14,18). The second-order valence-corrected chi connectivity index (χ2v) is 3.59. The lowest BCUT2D eigenvalue weighted by Gasteiger charge is -2.05. The van der Waals surface area contributed by atoms with Crippen LogP contribution in [0.1, 0.15) is 23.1 Å². The summed E-state index contributed by atoms with van der Waals surface area (Å²) < 4.78 is 14.4. The van der Waals surface area contributed by atoms with Gasteiger partial charge >= 0.3 is 0 Å². The Labute approximate surface area is 103 Å². The molecular formula is C11H12FN5O. The maximum absolute atomic E-state index is 12.6. The van der Waals surface area contributed by atoms with E-state index in [2.05, 4.69) is 20.5 Å². The smallest absolute Gasteiger partial charge is 0.253 e. The number of carbonyl (C=O) groups excluding carboxylic acids is 1. The topological polar surface area (TPSA) is 72.7 Å². The van der Waals surface area contributed by atoms with E-state index in [9.17, 15) is 9.18 Å². The van der Waals surface area contributed by atoms with Crippen molar-refractivity contribution in [3.63, 3.8) is 0 Å². The van der Waals surface area contributed by atoms with Gasteiger partial charge in [0.25, 0.3) is 5.91 Å². The molecule has 2 heterocycles. The Kier molecular flexibility index (Phi) is 3.61. The molecule has 0 unspecified atom stereocenters. The highest BCUT2D eigenvalue weighted by Crippen LogP contribution is 2.00. The van der Waals surface area contributed by atoms with Gasteiger partial charge < -0.3 is 9.88 Å². The molecule has 0 fully saturated rings. The van der Waals surface area contributed by atoms with Crippen molar-refractivity contribution in [1.82, 2.24) is 25.1 Å². The molecule has 2 rings (SSSR count). The van der Waals surface area contributed by atoms with Gasteiger partial charge in [-0.15, -0.1) is 10.2 Å². The van der Waals surface area contributed by atoms with E-state index in [1.807, 2.05) is 11.5 Å². The van der Waals surface area contributed by atoms with Gasteiger partial charge in [0.1, 0.15) is 6.33 Å². The Morgan fingerprint density at radius 3 is 3.00 bits per heavy atom. The predicted octanol–water partition coefficient (Wildman–Crippen LogP) is 0.762. The monoisotopic (exact) mass is 249 g/mol. The van der Waals surface area contributed by atoms with Crippen LogP contribution in [-0.4, -0.2) is 25.7 Å². The van der Waals surface area contributed by atoms with Crippen molar-refractivity contribution < 1.29 is 9.18 Å². The van der Waals surface area contributed by atoms with E-state index in [0.717, 1.165) is 12.6 Å². The summed E-state index contributed by atoms with van der Waals surface area (Å²) in [6.45, 7) is 2.96. The molecule has 94 valence electrons. The highest BCUT2D eigenvalue weighted by atomic mass is 19.1. The van der Waals surface area contributed by atoms with Gasteiger partial charge in [-0.1, -0.05) is 0 Å². The third-order valence-electron chi connectivity index (χ3n) is 2.43. The van der Waals surface area contributed by atoms with Crippen molar-refractivity contribution in [1.29, 1.82) is 0 Å². The van der Waals surface area contributed by atoms with Crippen LogP contribution < -0.4 is 5.32 Å². The first-order valence-electron chi connectivity index (χ1n) is 5.47. The zero-order valence-corrected chi connectivity index (χ0v) is 9.80. The summed E-state index contributed by atoms with van der Waals surface area (Å²) in [6, 6.07) is 2.52. The minimum Gasteiger partial charge on any atom is -0.345 e. The number of amides is 1. The van der Waals surface area contributed by atoms with Crippen molar-refractivity contribution in [2.24, 2.45) is 0 Å². The van der Waals surface area contributed by atoms with Crippen LogP contribution in [0.4, 0.5) is 4.39 Å². The number of carbonyl (C=O) groups is 1. The summed E-state index contributed by atoms with van der Waals surface area (Å²) in [5.74, 6) is -0.272. The highest BCUT2D eigenvalue weighted by Gasteiger charge is 2.08. The van der Waals surface area contributed by atoms with Crippen LogP contribution >= 0.6 is 0 Å². The van der Waals surface area contributed by atoms with E-state index in [-0.39, 0.29) is 12.5 Å². The van der Waals surface area contributed by atoms with Crippen LogP contribution in [0.3, 0.4) is 0 Å². The number of nitrogens with one attached hydrogen (secondary N) is 1. The molecule has 0 aliphatic heterocycles. The third-order valence-corrected chi connectivity index (χ3v) is 2.43. The number of aryl methyl sites for hydroxylation is 1. The van der Waals surface area contributed by atoms with Crippen molar-refractivity contribution in [2.75, 3.05) is 0 Å². The second-order valence-electron chi connectivity index (χ2n) is 3.59. The number of rotatable bonds is 4. The van der Waals surface area contributed by atoms with Crippen molar-refractivity contribution in [3.8, 4) is 0 Å².